The van der Waals surface area contributed by atoms with Crippen molar-refractivity contribution in [2.24, 2.45) is 0 Å². The van der Waals surface area contributed by atoms with Crippen LogP contribution in [0, 0.1) is 0 Å². The van der Waals surface area contributed by atoms with Crippen LogP contribution in [0.5, 0.6) is 0 Å². The number of carbonyl (C=O) groups excluding carboxylic acids is 2. The molecule has 2 aromatic rings. The molecule has 5 nitrogen and oxygen atoms in total. The number of rotatable bonds is 3. The fourth-order valence-electron chi connectivity index (χ4n) is 3.32. The number of amides is 1. The van der Waals surface area contributed by atoms with E-state index in [4.69, 9.17) is 11.6 Å². The summed E-state index contributed by atoms with van der Waals surface area (Å²) in [4.78, 5) is 25.3. The topological polar surface area (TPSA) is 80.3 Å². The number of halogens is 1. The van der Waals surface area contributed by atoms with Crippen molar-refractivity contribution in [1.29, 1.82) is 0 Å². The zero-order valence-corrected chi connectivity index (χ0v) is 16.6. The lowest BCUT2D eigenvalue weighted by atomic mass is 9.89. The molecule has 1 atom stereocenters. The summed E-state index contributed by atoms with van der Waals surface area (Å²) in [5, 5.41) is 1.82. The number of ketones is 1. The molecule has 0 saturated heterocycles. The van der Waals surface area contributed by atoms with Gasteiger partial charge in [-0.2, -0.15) is 0 Å². The second-order valence-corrected chi connectivity index (χ2v) is 9.57. The molecule has 0 spiro atoms. The number of hydrogen-bond donors (Lipinski definition) is 1. The number of hydrogen-bond acceptors (Lipinski definition) is 4. The minimum Gasteiger partial charge on any atom is -0.325 e. The van der Waals surface area contributed by atoms with E-state index in [1.54, 1.807) is 36.4 Å². The third-order valence-electron chi connectivity index (χ3n) is 4.69. The number of benzene rings is 2. The summed E-state index contributed by atoms with van der Waals surface area (Å²) in [6.45, 7) is 3.95. The van der Waals surface area contributed by atoms with Crippen LogP contribution in [0.25, 0.3) is 0 Å². The quantitative estimate of drug-likeness (QED) is 0.845. The zero-order valence-electron chi connectivity index (χ0n) is 15.0. The lowest BCUT2D eigenvalue weighted by Gasteiger charge is -2.18. The average Bonchev–Trinajstić information content (AvgIpc) is 2.70. The Bertz CT molecular complexity index is 997. The second kappa shape index (κ2) is 7.44. The van der Waals surface area contributed by atoms with Crippen LogP contribution >= 0.6 is 11.6 Å². The van der Waals surface area contributed by atoms with E-state index in [0.29, 0.717) is 21.8 Å². The van der Waals surface area contributed by atoms with Gasteiger partial charge in [-0.25, -0.2) is 8.42 Å². The molecule has 1 amide bonds. The number of Topliss-reactive ketones (excluding diaryl/α,β-unsaturated/α-hetero) is 1. The average molecular weight is 406 g/mol. The molecule has 1 heterocycles. The van der Waals surface area contributed by atoms with Gasteiger partial charge in [-0.3, -0.25) is 9.59 Å². The van der Waals surface area contributed by atoms with E-state index in [1.807, 2.05) is 19.9 Å². The highest BCUT2D eigenvalue weighted by Gasteiger charge is 2.39. The maximum atomic E-state index is 12.8. The third-order valence-corrected chi connectivity index (χ3v) is 6.86. The van der Waals surface area contributed by atoms with E-state index < -0.39 is 32.5 Å². The van der Waals surface area contributed by atoms with Crippen molar-refractivity contribution in [2.45, 2.75) is 31.4 Å². The Morgan fingerprint density at radius 3 is 2.44 bits per heavy atom. The standard InChI is InChI=1S/C20H20ClNO4S/c1-12(2)15-4-3-5-16-17(15)10-19(27(25,26)11-18(16)23)20(24)22-14-8-6-13(21)7-9-14/h3-9,12,19H,10-11H2,1-2H3,(H,22,24). The molecule has 0 radical (unpaired) electrons. The lowest BCUT2D eigenvalue weighted by Crippen LogP contribution is -2.38. The van der Waals surface area contributed by atoms with E-state index in [2.05, 4.69) is 5.32 Å². The number of nitrogens with one attached hydrogen (secondary N) is 1. The van der Waals surface area contributed by atoms with Gasteiger partial charge in [-0.1, -0.05) is 43.6 Å². The predicted octanol–water partition coefficient (Wildman–Crippen LogP) is 3.62. The van der Waals surface area contributed by atoms with Crippen LogP contribution in [0.1, 0.15) is 41.3 Å². The molecule has 1 aliphatic heterocycles. The van der Waals surface area contributed by atoms with Gasteiger partial charge in [0.25, 0.3) is 0 Å². The molecule has 0 aromatic heterocycles. The molecule has 27 heavy (non-hydrogen) atoms. The van der Waals surface area contributed by atoms with Crippen LogP contribution in [0.4, 0.5) is 5.69 Å². The Hall–Kier alpha value is -2.18. The summed E-state index contributed by atoms with van der Waals surface area (Å²) in [5.74, 6) is -1.67. The number of sulfone groups is 1. The summed E-state index contributed by atoms with van der Waals surface area (Å²) >= 11 is 5.84. The van der Waals surface area contributed by atoms with Crippen molar-refractivity contribution in [3.8, 4) is 0 Å². The fourth-order valence-corrected chi connectivity index (χ4v) is 4.97. The van der Waals surface area contributed by atoms with Crippen molar-refractivity contribution in [3.63, 3.8) is 0 Å². The van der Waals surface area contributed by atoms with Crippen molar-refractivity contribution in [3.05, 3.63) is 64.2 Å². The van der Waals surface area contributed by atoms with E-state index in [9.17, 15) is 18.0 Å². The van der Waals surface area contributed by atoms with Crippen molar-refractivity contribution in [1.82, 2.24) is 0 Å². The maximum Gasteiger partial charge on any atom is 0.243 e. The minimum atomic E-state index is -3.93. The summed E-state index contributed by atoms with van der Waals surface area (Å²) in [6.07, 6.45) is -0.0167. The van der Waals surface area contributed by atoms with Gasteiger partial charge in [0.05, 0.1) is 0 Å². The van der Waals surface area contributed by atoms with Gasteiger partial charge >= 0.3 is 0 Å². The van der Waals surface area contributed by atoms with Crippen LogP contribution in [0.2, 0.25) is 5.02 Å². The maximum absolute atomic E-state index is 12.8. The van der Waals surface area contributed by atoms with Crippen LogP contribution in [-0.4, -0.2) is 31.1 Å². The van der Waals surface area contributed by atoms with Crippen molar-refractivity contribution >= 4 is 38.8 Å². The Morgan fingerprint density at radius 2 is 1.81 bits per heavy atom. The summed E-state index contributed by atoms with van der Waals surface area (Å²) < 4.78 is 25.5. The first-order chi connectivity index (χ1) is 12.7. The molecule has 0 bridgehead atoms. The number of fused-ring (bicyclic) bond motifs is 1. The zero-order chi connectivity index (χ0) is 19.8. The summed E-state index contributed by atoms with van der Waals surface area (Å²) in [5.41, 5.74) is 2.39. The van der Waals surface area contributed by atoms with E-state index in [1.165, 1.54) is 0 Å². The van der Waals surface area contributed by atoms with Gasteiger partial charge in [0.2, 0.25) is 5.91 Å². The Morgan fingerprint density at radius 1 is 1.15 bits per heavy atom. The largest absolute Gasteiger partial charge is 0.325 e. The van der Waals surface area contributed by atoms with E-state index in [0.717, 1.165) is 5.56 Å². The highest BCUT2D eigenvalue weighted by atomic mass is 35.5. The monoisotopic (exact) mass is 405 g/mol. The second-order valence-electron chi connectivity index (χ2n) is 6.95. The predicted molar refractivity (Wildman–Crippen MR) is 106 cm³/mol. The van der Waals surface area contributed by atoms with E-state index in [-0.39, 0.29) is 12.3 Å². The molecule has 7 heteroatoms. The van der Waals surface area contributed by atoms with Crippen LogP contribution in [-0.2, 0) is 21.1 Å². The normalized spacial score (nSPS) is 18.7. The van der Waals surface area contributed by atoms with Gasteiger partial charge in [0.15, 0.2) is 15.6 Å². The molecular weight excluding hydrogens is 386 g/mol. The van der Waals surface area contributed by atoms with Crippen molar-refractivity contribution < 1.29 is 18.0 Å². The SMILES string of the molecule is CC(C)c1cccc2c1CC(C(=O)Nc1ccc(Cl)cc1)S(=O)(=O)CC2=O. The summed E-state index contributed by atoms with van der Waals surface area (Å²) in [7, 11) is -3.93. The Labute approximate surface area is 163 Å². The molecule has 0 fully saturated rings. The van der Waals surface area contributed by atoms with E-state index >= 15 is 0 Å². The van der Waals surface area contributed by atoms with Gasteiger partial charge < -0.3 is 5.32 Å². The summed E-state index contributed by atoms with van der Waals surface area (Å²) in [6, 6.07) is 11.7. The highest BCUT2D eigenvalue weighted by Crippen LogP contribution is 2.29. The van der Waals surface area contributed by atoms with Gasteiger partial charge in [0.1, 0.15) is 11.0 Å². The number of carbonyl (C=O) groups is 2. The lowest BCUT2D eigenvalue weighted by molar-refractivity contribution is -0.115. The fraction of sp³-hybridized carbons (Fsp3) is 0.300. The minimum absolute atomic E-state index is 0.0167. The molecule has 2 aromatic carbocycles. The molecule has 3 rings (SSSR count). The first kappa shape index (κ1) is 19.6. The first-order valence-electron chi connectivity index (χ1n) is 8.62. The molecule has 142 valence electrons. The Balaban J connectivity index is 2.00. The third kappa shape index (κ3) is 4.06. The highest BCUT2D eigenvalue weighted by molar-refractivity contribution is 7.93. The van der Waals surface area contributed by atoms with Crippen LogP contribution in [0.15, 0.2) is 42.5 Å². The first-order valence-corrected chi connectivity index (χ1v) is 10.7. The van der Waals surface area contributed by atoms with Crippen molar-refractivity contribution in [2.75, 3.05) is 11.1 Å². The molecule has 1 N–H and O–H groups in total. The number of anilines is 1. The Kier molecular flexibility index (Phi) is 5.40. The molecule has 1 unspecified atom stereocenters. The van der Waals surface area contributed by atoms with Crippen LogP contribution < -0.4 is 5.32 Å². The van der Waals surface area contributed by atoms with Gasteiger partial charge in [0, 0.05) is 16.3 Å². The van der Waals surface area contributed by atoms with Gasteiger partial charge in [-0.15, -0.1) is 0 Å². The smallest absolute Gasteiger partial charge is 0.243 e. The molecule has 1 aliphatic rings. The van der Waals surface area contributed by atoms with Gasteiger partial charge in [-0.05, 0) is 47.7 Å². The molecule has 0 aliphatic carbocycles. The molecule has 0 saturated carbocycles. The van der Waals surface area contributed by atoms with Crippen LogP contribution in [0.3, 0.4) is 0 Å². The molecular formula is C20H20ClNO4S.